The molecule has 2 N–H and O–H groups in total. The van der Waals surface area contributed by atoms with E-state index >= 15 is 0 Å². The fourth-order valence-corrected chi connectivity index (χ4v) is 2.29. The number of nitrogens with two attached hydrogens (primary N) is 1. The zero-order valence-electron chi connectivity index (χ0n) is 8.60. The van der Waals surface area contributed by atoms with Gasteiger partial charge in [-0.05, 0) is 38.8 Å². The van der Waals surface area contributed by atoms with Crippen molar-refractivity contribution in [2.45, 2.75) is 39.2 Å². The first kappa shape index (κ1) is 11.6. The minimum atomic E-state index is -2.48. The van der Waals surface area contributed by atoms with E-state index in [9.17, 15) is 8.78 Å². The Morgan fingerprint density at radius 2 is 2.07 bits per heavy atom. The lowest BCUT2D eigenvalue weighted by Gasteiger charge is -2.23. The Balaban J connectivity index is 2.83. The van der Waals surface area contributed by atoms with E-state index in [1.54, 1.807) is 11.3 Å². The number of rotatable bonds is 3. The maximum atomic E-state index is 12.5. The molecule has 0 amide bonds. The lowest BCUT2D eigenvalue weighted by molar-refractivity contribution is 0.0639. The van der Waals surface area contributed by atoms with Crippen LogP contribution in [0.3, 0.4) is 0 Å². The number of aryl methyl sites for hydroxylation is 2. The highest BCUT2D eigenvalue weighted by Gasteiger charge is 2.31. The van der Waals surface area contributed by atoms with Gasteiger partial charge in [0.25, 0.3) is 6.43 Å². The first-order chi connectivity index (χ1) is 6.33. The summed E-state index contributed by atoms with van der Waals surface area (Å²) >= 11 is 1.62. The first-order valence-corrected chi connectivity index (χ1v) is 5.27. The largest absolute Gasteiger partial charge is 0.320 e. The molecule has 1 atom stereocenters. The van der Waals surface area contributed by atoms with Crippen LogP contribution < -0.4 is 5.73 Å². The lowest BCUT2D eigenvalue weighted by Crippen LogP contribution is -2.45. The minimum Gasteiger partial charge on any atom is -0.320 e. The van der Waals surface area contributed by atoms with E-state index in [4.69, 9.17) is 5.73 Å². The highest BCUT2D eigenvalue weighted by atomic mass is 32.1. The third kappa shape index (κ3) is 2.51. The van der Waals surface area contributed by atoms with Crippen LogP contribution >= 0.6 is 11.3 Å². The van der Waals surface area contributed by atoms with Crippen molar-refractivity contribution in [2.24, 2.45) is 5.73 Å². The minimum absolute atomic E-state index is 0.237. The number of thiophene rings is 1. The molecule has 80 valence electrons. The van der Waals surface area contributed by atoms with Gasteiger partial charge in [-0.2, -0.15) is 0 Å². The molecular formula is C10H15F2NS. The molecule has 0 bridgehead atoms. The van der Waals surface area contributed by atoms with Gasteiger partial charge in [0, 0.05) is 9.75 Å². The van der Waals surface area contributed by atoms with Crippen LogP contribution in [0.1, 0.15) is 22.2 Å². The van der Waals surface area contributed by atoms with Crippen LogP contribution in [0.5, 0.6) is 0 Å². The quantitative estimate of drug-likeness (QED) is 0.831. The van der Waals surface area contributed by atoms with Crippen molar-refractivity contribution < 1.29 is 8.78 Å². The van der Waals surface area contributed by atoms with Crippen molar-refractivity contribution in [3.63, 3.8) is 0 Å². The molecule has 1 rings (SSSR count). The lowest BCUT2D eigenvalue weighted by atomic mass is 9.95. The molecule has 1 nitrogen and oxygen atoms in total. The van der Waals surface area contributed by atoms with Crippen molar-refractivity contribution in [3.05, 3.63) is 21.4 Å². The maximum absolute atomic E-state index is 12.5. The summed E-state index contributed by atoms with van der Waals surface area (Å²) in [6.07, 6.45) is -2.25. The Kier molecular flexibility index (Phi) is 3.27. The third-order valence-electron chi connectivity index (χ3n) is 2.21. The fraction of sp³-hybridized carbons (Fsp3) is 0.600. The summed E-state index contributed by atoms with van der Waals surface area (Å²) in [6, 6.07) is 1.94. The van der Waals surface area contributed by atoms with Crippen molar-refractivity contribution in [1.82, 2.24) is 0 Å². The molecule has 0 aromatic carbocycles. The van der Waals surface area contributed by atoms with Crippen molar-refractivity contribution in [1.29, 1.82) is 0 Å². The molecular weight excluding hydrogens is 204 g/mol. The van der Waals surface area contributed by atoms with Crippen LogP contribution in [0.4, 0.5) is 8.78 Å². The van der Waals surface area contributed by atoms with Gasteiger partial charge in [0.1, 0.15) is 0 Å². The van der Waals surface area contributed by atoms with E-state index in [-0.39, 0.29) is 6.42 Å². The second-order valence-electron chi connectivity index (χ2n) is 3.92. The smallest absolute Gasteiger partial charge is 0.256 e. The highest BCUT2D eigenvalue weighted by molar-refractivity contribution is 7.12. The van der Waals surface area contributed by atoms with E-state index in [0.717, 1.165) is 15.3 Å². The van der Waals surface area contributed by atoms with Gasteiger partial charge in [-0.1, -0.05) is 0 Å². The monoisotopic (exact) mass is 219 g/mol. The Morgan fingerprint density at radius 1 is 1.50 bits per heavy atom. The Morgan fingerprint density at radius 3 is 2.43 bits per heavy atom. The average molecular weight is 219 g/mol. The number of hydrogen-bond donors (Lipinski definition) is 1. The highest BCUT2D eigenvalue weighted by Crippen LogP contribution is 2.26. The van der Waals surface area contributed by atoms with Gasteiger partial charge in [0.2, 0.25) is 0 Å². The van der Waals surface area contributed by atoms with E-state index in [1.807, 2.05) is 19.9 Å². The van der Waals surface area contributed by atoms with Crippen LogP contribution in [0.2, 0.25) is 0 Å². The molecule has 0 aliphatic carbocycles. The zero-order chi connectivity index (χ0) is 10.9. The fourth-order valence-electron chi connectivity index (χ4n) is 1.35. The zero-order valence-corrected chi connectivity index (χ0v) is 9.42. The van der Waals surface area contributed by atoms with E-state index < -0.39 is 12.0 Å². The summed E-state index contributed by atoms with van der Waals surface area (Å²) in [7, 11) is 0. The summed E-state index contributed by atoms with van der Waals surface area (Å²) in [4.78, 5) is 2.22. The maximum Gasteiger partial charge on any atom is 0.256 e. The summed E-state index contributed by atoms with van der Waals surface area (Å²) < 4.78 is 25.0. The van der Waals surface area contributed by atoms with Gasteiger partial charge < -0.3 is 5.73 Å². The normalized spacial score (nSPS) is 15.9. The molecule has 0 aliphatic heterocycles. The predicted octanol–water partition coefficient (Wildman–Crippen LogP) is 2.89. The molecule has 0 fully saturated rings. The molecule has 0 saturated carbocycles. The topological polar surface area (TPSA) is 26.0 Å². The first-order valence-electron chi connectivity index (χ1n) is 4.46. The SMILES string of the molecule is Cc1cc(CC(C)(N)C(F)F)c(C)s1. The van der Waals surface area contributed by atoms with Crippen LogP contribution in [0.25, 0.3) is 0 Å². The Hall–Kier alpha value is -0.480. The summed E-state index contributed by atoms with van der Waals surface area (Å²) in [5.41, 5.74) is 5.05. The molecule has 0 aliphatic rings. The average Bonchev–Trinajstić information content (AvgIpc) is 2.29. The van der Waals surface area contributed by atoms with E-state index in [2.05, 4.69) is 0 Å². The van der Waals surface area contributed by atoms with Gasteiger partial charge >= 0.3 is 0 Å². The second-order valence-corrected chi connectivity index (χ2v) is 5.38. The molecule has 0 spiro atoms. The van der Waals surface area contributed by atoms with Gasteiger partial charge in [-0.25, -0.2) is 8.78 Å². The molecule has 0 saturated heterocycles. The van der Waals surface area contributed by atoms with E-state index in [0.29, 0.717) is 0 Å². The van der Waals surface area contributed by atoms with Crippen molar-refractivity contribution in [2.75, 3.05) is 0 Å². The predicted molar refractivity (Wildman–Crippen MR) is 56.1 cm³/mol. The molecule has 4 heteroatoms. The standard InChI is InChI=1S/C10H15F2NS/c1-6-4-8(7(2)14-6)5-10(3,13)9(11)12/h4,9H,5,13H2,1-3H3. The number of halogens is 2. The third-order valence-corrected chi connectivity index (χ3v) is 3.22. The summed E-state index contributed by atoms with van der Waals surface area (Å²) in [6.45, 7) is 5.30. The number of alkyl halides is 2. The van der Waals surface area contributed by atoms with Crippen molar-refractivity contribution in [3.8, 4) is 0 Å². The Bertz CT molecular complexity index is 318. The van der Waals surface area contributed by atoms with Crippen molar-refractivity contribution >= 4 is 11.3 Å². The molecule has 1 aromatic rings. The van der Waals surface area contributed by atoms with Crippen LogP contribution in [-0.2, 0) is 6.42 Å². The van der Waals surface area contributed by atoms with Crippen LogP contribution in [0, 0.1) is 13.8 Å². The van der Waals surface area contributed by atoms with Crippen LogP contribution in [-0.4, -0.2) is 12.0 Å². The van der Waals surface area contributed by atoms with Gasteiger partial charge in [0.15, 0.2) is 0 Å². The molecule has 1 unspecified atom stereocenters. The van der Waals surface area contributed by atoms with E-state index in [1.165, 1.54) is 6.92 Å². The summed E-state index contributed by atoms with van der Waals surface area (Å²) in [5.74, 6) is 0. The molecule has 14 heavy (non-hydrogen) atoms. The van der Waals surface area contributed by atoms with Crippen LogP contribution in [0.15, 0.2) is 6.07 Å². The second kappa shape index (κ2) is 3.95. The van der Waals surface area contributed by atoms with Gasteiger partial charge in [-0.15, -0.1) is 11.3 Å². The number of hydrogen-bond acceptors (Lipinski definition) is 2. The van der Waals surface area contributed by atoms with Gasteiger partial charge in [0.05, 0.1) is 5.54 Å². The molecule has 0 radical (unpaired) electrons. The molecule has 1 heterocycles. The Labute approximate surface area is 86.9 Å². The van der Waals surface area contributed by atoms with Gasteiger partial charge in [-0.3, -0.25) is 0 Å². The summed E-state index contributed by atoms with van der Waals surface area (Å²) in [5, 5.41) is 0. The molecule has 1 aromatic heterocycles.